The fourth-order valence-electron chi connectivity index (χ4n) is 13.1. The summed E-state index contributed by atoms with van der Waals surface area (Å²) in [7, 11) is 8.65. The maximum Gasteiger partial charge on any atom is 0.412 e. The van der Waals surface area contributed by atoms with Crippen molar-refractivity contribution in [2.24, 2.45) is 47.3 Å². The van der Waals surface area contributed by atoms with Gasteiger partial charge in [-0.25, -0.2) is 0 Å². The quantitative estimate of drug-likeness (QED) is 0.161. The van der Waals surface area contributed by atoms with E-state index in [1.165, 1.54) is 47.6 Å². The van der Waals surface area contributed by atoms with Gasteiger partial charge in [0.1, 0.15) is 18.3 Å². The minimum absolute atomic E-state index is 0. The maximum absolute atomic E-state index is 13.0. The Balaban J connectivity index is 0.00000132. The average Bonchev–Trinajstić information content (AvgIpc) is 0.902. The Hall–Kier alpha value is -4.56. The number of esters is 1. The molecule has 0 spiro atoms. The Bertz CT molecular complexity index is 2690. The van der Waals surface area contributed by atoms with Gasteiger partial charge in [0.25, 0.3) is 0 Å². The second-order valence-electron chi connectivity index (χ2n) is 30.3. The average molecular weight is 1530 g/mol. The van der Waals surface area contributed by atoms with Gasteiger partial charge in [0.05, 0.1) is 77.3 Å². The summed E-state index contributed by atoms with van der Waals surface area (Å²) < 4.78 is 107. The number of rotatable bonds is 9. The van der Waals surface area contributed by atoms with E-state index >= 15 is 0 Å². The standard InChI is InChI=1S/C19H34O3.C18H27F3O2.C18H30O4.2C18H30O2.CH4/c1-5-12-22-19-17(3)14-16(2)15-21-13-10-8-6-7-9-11-18(19)20-4;1-13-11-14(2)15(3)17(22-4)8-6-5-7-16(18(19,20)21)9-10-23-12-13;1-14-12-15(2)18(22-16(3)19)17(20-4)10-8-6-5-7-9-11-21-13-14;2*1-14-8-6-7-9-18(19-5)17(4)16(3)12-15(2)13-20-11-10-14;/h9,11,14,17-19H,5-8,10,12-13,15H2,1-4H3;6,8-9,11,14-15,17H,5,7,10,12H2,1-4H3;8,10,12,15,17-18H,5-7,9,11,13H2,1-4H3;2*7,9-10,12,16-18H,6,8,11,13H2,1-5H3;1H4/b11-9+,16-14-;8-6+,13-11-,16-9-;10-8+,14-12-;2*9-7+,14-10-,15-12-;/t17-,18+,19+;14-,15+,17+;15-,17+,18+;2*16-,17+,18+;/m11111./s1. The van der Waals surface area contributed by atoms with Gasteiger partial charge in [-0.1, -0.05) is 231 Å². The molecule has 5 aliphatic rings. The van der Waals surface area contributed by atoms with Gasteiger partial charge in [-0.2, -0.15) is 13.2 Å². The van der Waals surface area contributed by atoms with Crippen LogP contribution in [-0.2, 0) is 61.6 Å². The highest BCUT2D eigenvalue weighted by atomic mass is 19.4. The molecule has 16 heteroatoms. The SMILES string of the molecule is C.CCCO[C@H]1[C@H](C)/C=C(/C)COCCCCC/C=C/[C@@H]1OC.CO[C@H]1/C=C/CC/C(C(F)(F)F)=C/COC/C(C)=C\[C@@H](C)[C@@H]1C.CO[C@H]1/C=C/CC/C(C)=C\COC/C(C)=C\[C@@H](C)[C@@H]1C.CO[C@H]1/C=C/CC/C(C)=C\COC/C(C)=C\[C@@H](C)[C@@H]1C.CO[C@H]1/C=C/CCCCCOC/C(C)=C\[C@@H](C)[C@@H]1OC(C)=O. The first kappa shape index (κ1) is 103. The van der Waals surface area contributed by atoms with Crippen molar-refractivity contribution in [1.29, 1.82) is 0 Å². The largest absolute Gasteiger partial charge is 0.459 e. The number of ether oxygens (including phenoxy) is 12. The van der Waals surface area contributed by atoms with E-state index in [0.717, 1.165) is 114 Å². The van der Waals surface area contributed by atoms with Gasteiger partial charge in [0.2, 0.25) is 0 Å². The van der Waals surface area contributed by atoms with E-state index in [1.807, 2.05) is 32.9 Å². The van der Waals surface area contributed by atoms with Crippen LogP contribution in [0.5, 0.6) is 0 Å². The normalized spacial score (nSPS) is 34.4. The third-order valence-electron chi connectivity index (χ3n) is 20.1. The number of methoxy groups -OCH3 is 5. The van der Waals surface area contributed by atoms with Crippen LogP contribution < -0.4 is 0 Å². The number of halogens is 3. The molecule has 108 heavy (non-hydrogen) atoms. The Kier molecular flexibility index (Phi) is 60.3. The van der Waals surface area contributed by atoms with Crippen molar-refractivity contribution in [3.63, 3.8) is 0 Å². The summed E-state index contributed by atoms with van der Waals surface area (Å²) >= 11 is 0. The van der Waals surface area contributed by atoms with Gasteiger partial charge in [0, 0.05) is 79.7 Å². The maximum atomic E-state index is 13.0. The number of allylic oxidation sites excluding steroid dienone is 11. The highest BCUT2D eigenvalue weighted by Crippen LogP contribution is 2.31. The van der Waals surface area contributed by atoms with Crippen LogP contribution in [0.3, 0.4) is 0 Å². The topological polar surface area (TPSA) is 128 Å². The van der Waals surface area contributed by atoms with Gasteiger partial charge in [0.15, 0.2) is 0 Å². The molecular formula is C92H155F3O13. The Morgan fingerprint density at radius 2 is 0.722 bits per heavy atom. The first-order valence-corrected chi connectivity index (χ1v) is 40.2. The van der Waals surface area contributed by atoms with Crippen LogP contribution in [0, 0.1) is 47.3 Å². The molecular weight excluding hydrogens is 1370 g/mol. The first-order valence-electron chi connectivity index (χ1n) is 40.2. The lowest BCUT2D eigenvalue weighted by Gasteiger charge is -2.28. The monoisotopic (exact) mass is 1530 g/mol. The molecule has 0 radical (unpaired) electrons. The van der Waals surface area contributed by atoms with Crippen molar-refractivity contribution in [1.82, 2.24) is 0 Å². The van der Waals surface area contributed by atoms with E-state index in [4.69, 9.17) is 56.8 Å². The summed E-state index contributed by atoms with van der Waals surface area (Å²) in [5.74, 6) is 2.48. The summed E-state index contributed by atoms with van der Waals surface area (Å²) in [6, 6.07) is 0. The van der Waals surface area contributed by atoms with Crippen molar-refractivity contribution in [2.75, 3.05) is 108 Å². The van der Waals surface area contributed by atoms with Crippen molar-refractivity contribution >= 4 is 5.97 Å². The van der Waals surface area contributed by atoms with Crippen molar-refractivity contribution in [2.45, 2.75) is 270 Å². The van der Waals surface area contributed by atoms with Crippen LogP contribution in [0.25, 0.3) is 0 Å². The minimum Gasteiger partial charge on any atom is -0.459 e. The smallest absolute Gasteiger partial charge is 0.412 e. The number of carbonyl (C=O) groups is 1. The van der Waals surface area contributed by atoms with E-state index in [0.29, 0.717) is 75.7 Å². The zero-order valence-electron chi connectivity index (χ0n) is 70.9. The molecule has 0 aromatic rings. The highest BCUT2D eigenvalue weighted by Gasteiger charge is 2.33. The van der Waals surface area contributed by atoms with Crippen LogP contribution in [-0.4, -0.2) is 163 Å². The van der Waals surface area contributed by atoms with Gasteiger partial charge in [-0.3, -0.25) is 4.79 Å². The molecule has 0 fully saturated rings. The molecule has 0 saturated carbocycles. The second kappa shape index (κ2) is 62.9. The number of hydrogen-bond acceptors (Lipinski definition) is 13. The summed E-state index contributed by atoms with van der Waals surface area (Å²) in [6.45, 7) is 42.7. The molecule has 622 valence electrons. The van der Waals surface area contributed by atoms with Gasteiger partial charge in [-0.15, -0.1) is 0 Å². The van der Waals surface area contributed by atoms with Crippen LogP contribution in [0.2, 0.25) is 0 Å². The Labute approximate surface area is 657 Å². The molecule has 0 unspecified atom stereocenters. The predicted molar refractivity (Wildman–Crippen MR) is 444 cm³/mol. The van der Waals surface area contributed by atoms with Gasteiger partial charge >= 0.3 is 12.1 Å². The van der Waals surface area contributed by atoms with Crippen LogP contribution in [0.1, 0.15) is 221 Å². The first-order chi connectivity index (χ1) is 51.1. The molecule has 15 atom stereocenters. The molecule has 0 N–H and O–H groups in total. The molecule has 0 aliphatic carbocycles. The van der Waals surface area contributed by atoms with Crippen LogP contribution in [0.4, 0.5) is 13.2 Å². The van der Waals surface area contributed by atoms with Gasteiger partial charge < -0.3 is 56.8 Å². The molecule has 5 rings (SSSR count). The molecule has 0 saturated heterocycles. The molecule has 5 heterocycles. The van der Waals surface area contributed by atoms with E-state index < -0.39 is 11.7 Å². The lowest BCUT2D eigenvalue weighted by Crippen LogP contribution is -2.36. The Morgan fingerprint density at radius 1 is 0.407 bits per heavy atom. The zero-order valence-corrected chi connectivity index (χ0v) is 70.9. The van der Waals surface area contributed by atoms with Gasteiger partial charge in [-0.05, 0) is 167 Å². The van der Waals surface area contributed by atoms with E-state index in [-0.39, 0.29) is 86.9 Å². The fourth-order valence-corrected chi connectivity index (χ4v) is 13.1. The van der Waals surface area contributed by atoms with E-state index in [2.05, 4.69) is 175 Å². The molecule has 0 amide bonds. The number of alkyl halides is 3. The zero-order chi connectivity index (χ0) is 80.0. The molecule has 0 aromatic heterocycles. The molecule has 13 nitrogen and oxygen atoms in total. The lowest BCUT2D eigenvalue weighted by atomic mass is 9.88. The summed E-state index contributed by atoms with van der Waals surface area (Å²) in [4.78, 5) is 11.4. The summed E-state index contributed by atoms with van der Waals surface area (Å²) in [5, 5.41) is 0. The summed E-state index contributed by atoms with van der Waals surface area (Å²) in [6.07, 6.45) is 48.0. The fraction of sp³-hybridized carbons (Fsp3) is 0.707. The molecule has 0 aromatic carbocycles. The highest BCUT2D eigenvalue weighted by molar-refractivity contribution is 5.66. The number of carbonyl (C=O) groups excluding carboxylic acids is 1. The molecule has 5 aliphatic heterocycles. The third-order valence-corrected chi connectivity index (χ3v) is 20.1. The van der Waals surface area contributed by atoms with Crippen molar-refractivity contribution in [3.8, 4) is 0 Å². The molecule has 0 bridgehead atoms. The second-order valence-corrected chi connectivity index (χ2v) is 30.3. The Morgan fingerprint density at radius 3 is 1.07 bits per heavy atom. The lowest BCUT2D eigenvalue weighted by molar-refractivity contribution is -0.154. The van der Waals surface area contributed by atoms with Crippen LogP contribution >= 0.6 is 0 Å². The summed E-state index contributed by atoms with van der Waals surface area (Å²) in [5.41, 5.74) is 8.29. The number of hydrogen-bond donors (Lipinski definition) is 0. The van der Waals surface area contributed by atoms with Crippen molar-refractivity contribution < 1.29 is 74.8 Å². The van der Waals surface area contributed by atoms with E-state index in [1.54, 1.807) is 41.6 Å². The minimum atomic E-state index is -4.30. The predicted octanol–water partition coefficient (Wildman–Crippen LogP) is 23.0. The van der Waals surface area contributed by atoms with E-state index in [9.17, 15) is 18.0 Å². The van der Waals surface area contributed by atoms with Crippen LogP contribution in [0.15, 0.2) is 154 Å². The third kappa shape index (κ3) is 48.4. The van der Waals surface area contributed by atoms with Crippen molar-refractivity contribution in [3.05, 3.63) is 154 Å².